The molecule has 0 atom stereocenters. The Kier molecular flexibility index (Phi) is 2.35. The van der Waals surface area contributed by atoms with E-state index in [0.717, 1.165) is 12.1 Å². The first-order valence-corrected chi connectivity index (χ1v) is 4.40. The van der Waals surface area contributed by atoms with Crippen molar-refractivity contribution < 1.29 is 9.31 Å². The molecular formula is C9H7FN4O2. The molecule has 0 unspecified atom stereocenters. The molecule has 0 spiro atoms. The number of nitro benzene ring substituents is 1. The molecule has 16 heavy (non-hydrogen) atoms. The third-order valence-electron chi connectivity index (χ3n) is 2.14. The van der Waals surface area contributed by atoms with Crippen LogP contribution in [0.25, 0.3) is 10.9 Å². The minimum atomic E-state index is -0.904. The van der Waals surface area contributed by atoms with Crippen LogP contribution in [0.4, 0.5) is 15.9 Å². The summed E-state index contributed by atoms with van der Waals surface area (Å²) in [6, 6.07) is 2.15. The van der Waals surface area contributed by atoms with Crippen molar-refractivity contribution in [2.45, 2.75) is 0 Å². The van der Waals surface area contributed by atoms with Gasteiger partial charge in [-0.1, -0.05) is 0 Å². The quantitative estimate of drug-likeness (QED) is 0.618. The van der Waals surface area contributed by atoms with Crippen LogP contribution < -0.4 is 5.32 Å². The van der Waals surface area contributed by atoms with Crippen LogP contribution in [0.1, 0.15) is 0 Å². The Balaban J connectivity index is 2.80. The molecule has 2 aromatic rings. The van der Waals surface area contributed by atoms with Crippen LogP contribution in [0.15, 0.2) is 18.5 Å². The third-order valence-corrected chi connectivity index (χ3v) is 2.14. The molecule has 0 aliphatic rings. The highest BCUT2D eigenvalue weighted by Gasteiger charge is 2.17. The second-order valence-electron chi connectivity index (χ2n) is 3.05. The fourth-order valence-corrected chi connectivity index (χ4v) is 1.41. The molecule has 6 nitrogen and oxygen atoms in total. The first-order chi connectivity index (χ1) is 7.63. The summed E-state index contributed by atoms with van der Waals surface area (Å²) in [5.74, 6) is -0.480. The van der Waals surface area contributed by atoms with E-state index in [4.69, 9.17) is 0 Å². The number of hydrogen-bond acceptors (Lipinski definition) is 5. The van der Waals surface area contributed by atoms with E-state index in [1.807, 2.05) is 0 Å². The van der Waals surface area contributed by atoms with E-state index in [1.54, 1.807) is 7.05 Å². The Morgan fingerprint density at radius 3 is 2.81 bits per heavy atom. The SMILES string of the molecule is CNc1ncnc2cc(F)c([N+](=O)[O-])cc12. The lowest BCUT2D eigenvalue weighted by Gasteiger charge is -2.03. The fraction of sp³-hybridized carbons (Fsp3) is 0.111. The van der Waals surface area contributed by atoms with Crippen molar-refractivity contribution in [3.63, 3.8) is 0 Å². The number of nitro groups is 1. The average molecular weight is 222 g/mol. The largest absolute Gasteiger partial charge is 0.373 e. The maximum Gasteiger partial charge on any atom is 0.305 e. The molecule has 1 N–H and O–H groups in total. The predicted molar refractivity (Wildman–Crippen MR) is 55.7 cm³/mol. The highest BCUT2D eigenvalue weighted by molar-refractivity contribution is 5.90. The number of nitrogens with zero attached hydrogens (tertiary/aromatic N) is 3. The summed E-state index contributed by atoms with van der Waals surface area (Å²) in [4.78, 5) is 17.5. The number of aromatic nitrogens is 2. The van der Waals surface area contributed by atoms with Crippen LogP contribution in [-0.2, 0) is 0 Å². The van der Waals surface area contributed by atoms with Crippen LogP contribution in [0, 0.1) is 15.9 Å². The van der Waals surface area contributed by atoms with E-state index in [9.17, 15) is 14.5 Å². The van der Waals surface area contributed by atoms with Crippen molar-refractivity contribution in [3.8, 4) is 0 Å². The van der Waals surface area contributed by atoms with Gasteiger partial charge in [0.1, 0.15) is 12.1 Å². The van der Waals surface area contributed by atoms with Crippen LogP contribution in [0.2, 0.25) is 0 Å². The van der Waals surface area contributed by atoms with E-state index < -0.39 is 16.4 Å². The summed E-state index contributed by atoms with van der Waals surface area (Å²) in [5, 5.41) is 13.7. The highest BCUT2D eigenvalue weighted by atomic mass is 19.1. The standard InChI is InChI=1S/C9H7FN4O2/c1-11-9-5-2-8(14(15)16)6(10)3-7(5)12-4-13-9/h2-4H,1H3,(H,11,12,13). The normalized spacial score (nSPS) is 10.4. The van der Waals surface area contributed by atoms with Gasteiger partial charge in [0.15, 0.2) is 0 Å². The van der Waals surface area contributed by atoms with Crippen LogP contribution in [0.5, 0.6) is 0 Å². The second-order valence-corrected chi connectivity index (χ2v) is 3.05. The van der Waals surface area contributed by atoms with E-state index in [0.29, 0.717) is 16.7 Å². The van der Waals surface area contributed by atoms with Gasteiger partial charge in [0.2, 0.25) is 5.82 Å². The Bertz CT molecular complexity index is 573. The maximum absolute atomic E-state index is 13.3. The van der Waals surface area contributed by atoms with Crippen LogP contribution in [0.3, 0.4) is 0 Å². The average Bonchev–Trinajstić information content (AvgIpc) is 2.26. The molecule has 1 heterocycles. The molecule has 0 saturated heterocycles. The minimum absolute atomic E-state index is 0.322. The molecule has 1 aromatic heterocycles. The second kappa shape index (κ2) is 3.69. The molecule has 0 aliphatic heterocycles. The monoisotopic (exact) mass is 222 g/mol. The number of rotatable bonds is 2. The number of hydrogen-bond donors (Lipinski definition) is 1. The summed E-state index contributed by atoms with van der Waals surface area (Å²) in [5.41, 5.74) is -0.263. The summed E-state index contributed by atoms with van der Waals surface area (Å²) in [6.45, 7) is 0. The molecule has 2 rings (SSSR count). The topological polar surface area (TPSA) is 81.0 Å². The lowest BCUT2D eigenvalue weighted by atomic mass is 10.2. The number of halogens is 1. The van der Waals surface area contributed by atoms with Gasteiger partial charge in [0, 0.05) is 24.6 Å². The molecule has 82 valence electrons. The summed E-state index contributed by atoms with van der Waals surface area (Å²) < 4.78 is 13.3. The number of benzene rings is 1. The molecule has 0 bridgehead atoms. The van der Waals surface area contributed by atoms with Crippen LogP contribution >= 0.6 is 0 Å². The van der Waals surface area contributed by atoms with Crippen molar-refractivity contribution in [2.75, 3.05) is 12.4 Å². The Morgan fingerprint density at radius 1 is 1.44 bits per heavy atom. The molecule has 0 saturated carbocycles. The zero-order valence-electron chi connectivity index (χ0n) is 8.27. The minimum Gasteiger partial charge on any atom is -0.373 e. The lowest BCUT2D eigenvalue weighted by molar-refractivity contribution is -0.387. The summed E-state index contributed by atoms with van der Waals surface area (Å²) >= 11 is 0. The Labute approximate surface area is 89.3 Å². The lowest BCUT2D eigenvalue weighted by Crippen LogP contribution is -1.98. The van der Waals surface area contributed by atoms with Crippen molar-refractivity contribution in [1.29, 1.82) is 0 Å². The van der Waals surface area contributed by atoms with Crippen molar-refractivity contribution in [2.24, 2.45) is 0 Å². The summed E-state index contributed by atoms with van der Waals surface area (Å²) in [6.07, 6.45) is 1.26. The first-order valence-electron chi connectivity index (χ1n) is 4.40. The Hall–Kier alpha value is -2.31. The van der Waals surface area contributed by atoms with E-state index in [2.05, 4.69) is 15.3 Å². The zero-order chi connectivity index (χ0) is 11.7. The predicted octanol–water partition coefficient (Wildman–Crippen LogP) is 1.72. The number of nitrogens with one attached hydrogen (secondary N) is 1. The Morgan fingerprint density at radius 2 is 2.19 bits per heavy atom. The molecule has 0 fully saturated rings. The van der Waals surface area contributed by atoms with Gasteiger partial charge in [0.25, 0.3) is 0 Å². The molecule has 7 heteroatoms. The van der Waals surface area contributed by atoms with Crippen molar-refractivity contribution >= 4 is 22.4 Å². The van der Waals surface area contributed by atoms with Crippen molar-refractivity contribution in [3.05, 3.63) is 34.4 Å². The summed E-state index contributed by atoms with van der Waals surface area (Å²) in [7, 11) is 1.62. The highest BCUT2D eigenvalue weighted by Crippen LogP contribution is 2.26. The molecule has 0 radical (unpaired) electrons. The smallest absolute Gasteiger partial charge is 0.305 e. The maximum atomic E-state index is 13.3. The van der Waals surface area contributed by atoms with Gasteiger partial charge in [-0.2, -0.15) is 4.39 Å². The van der Waals surface area contributed by atoms with Gasteiger partial charge in [0.05, 0.1) is 10.4 Å². The van der Waals surface area contributed by atoms with Gasteiger partial charge in [-0.05, 0) is 0 Å². The van der Waals surface area contributed by atoms with E-state index in [-0.39, 0.29) is 0 Å². The van der Waals surface area contributed by atoms with Gasteiger partial charge in [-0.3, -0.25) is 10.1 Å². The molecule has 1 aromatic carbocycles. The number of anilines is 1. The molecule has 0 aliphatic carbocycles. The van der Waals surface area contributed by atoms with Gasteiger partial charge >= 0.3 is 5.69 Å². The van der Waals surface area contributed by atoms with Crippen molar-refractivity contribution in [1.82, 2.24) is 9.97 Å². The number of fused-ring (bicyclic) bond motifs is 1. The van der Waals surface area contributed by atoms with Gasteiger partial charge < -0.3 is 5.32 Å². The third kappa shape index (κ3) is 1.52. The molecule has 0 amide bonds. The molecular weight excluding hydrogens is 215 g/mol. The van der Waals surface area contributed by atoms with Gasteiger partial charge in [-0.25, -0.2) is 9.97 Å². The van der Waals surface area contributed by atoms with E-state index in [1.165, 1.54) is 6.33 Å². The van der Waals surface area contributed by atoms with Crippen LogP contribution in [-0.4, -0.2) is 21.9 Å². The first kappa shape index (κ1) is 10.2. The zero-order valence-corrected chi connectivity index (χ0v) is 8.27. The fourth-order valence-electron chi connectivity index (χ4n) is 1.41. The van der Waals surface area contributed by atoms with Gasteiger partial charge in [-0.15, -0.1) is 0 Å². The van der Waals surface area contributed by atoms with E-state index >= 15 is 0 Å².